The molecule has 0 bridgehead atoms. The first-order valence-corrected chi connectivity index (χ1v) is 10.8. The van der Waals surface area contributed by atoms with E-state index in [1.54, 1.807) is 0 Å². The third-order valence-corrected chi connectivity index (χ3v) is 5.94. The summed E-state index contributed by atoms with van der Waals surface area (Å²) < 4.78 is 13.8. The van der Waals surface area contributed by atoms with E-state index in [0.29, 0.717) is 19.2 Å². The molecule has 7 heteroatoms. The van der Waals surface area contributed by atoms with Crippen molar-refractivity contribution in [2.75, 3.05) is 44.3 Å². The van der Waals surface area contributed by atoms with Crippen LogP contribution in [0.15, 0.2) is 30.4 Å². The van der Waals surface area contributed by atoms with Gasteiger partial charge in [0, 0.05) is 38.8 Å². The highest BCUT2D eigenvalue weighted by Gasteiger charge is 2.31. The average molecular weight is 412 g/mol. The van der Waals surface area contributed by atoms with Gasteiger partial charge in [-0.3, -0.25) is 9.47 Å². The molecule has 2 aliphatic rings. The van der Waals surface area contributed by atoms with Crippen LogP contribution in [0.1, 0.15) is 30.3 Å². The van der Waals surface area contributed by atoms with Gasteiger partial charge >= 0.3 is 0 Å². The zero-order chi connectivity index (χ0) is 21.1. The lowest BCUT2D eigenvalue weighted by Crippen LogP contribution is -2.44. The maximum absolute atomic E-state index is 6.12. The normalized spacial score (nSPS) is 20.0. The van der Waals surface area contributed by atoms with Crippen molar-refractivity contribution in [3.63, 3.8) is 0 Å². The summed E-state index contributed by atoms with van der Waals surface area (Å²) in [5.41, 5.74) is 3.39. The van der Waals surface area contributed by atoms with Gasteiger partial charge in [0.1, 0.15) is 12.4 Å². The van der Waals surface area contributed by atoms with E-state index in [9.17, 15) is 0 Å². The smallest absolute Gasteiger partial charge is 0.227 e. The molecule has 3 heterocycles. The zero-order valence-electron chi connectivity index (χ0n) is 18.4. The number of benzene rings is 1. The molecule has 0 amide bonds. The number of hydrogen-bond donors (Lipinski definition) is 0. The number of ether oxygens (including phenoxy) is 2. The van der Waals surface area contributed by atoms with Crippen LogP contribution in [-0.2, 0) is 17.9 Å². The summed E-state index contributed by atoms with van der Waals surface area (Å²) >= 11 is 0. The molecule has 162 valence electrons. The SMILES string of the molecule is C=C(C)Cn1c(COc2cc(C)ccc2C)nnc1N1CC[C@H](N2CCOCC2)C1. The monoisotopic (exact) mass is 411 g/mol. The Labute approximate surface area is 179 Å². The Morgan fingerprint density at radius 1 is 1.20 bits per heavy atom. The molecule has 30 heavy (non-hydrogen) atoms. The number of aryl methyl sites for hydroxylation is 2. The van der Waals surface area contributed by atoms with Crippen molar-refractivity contribution in [3.8, 4) is 5.75 Å². The van der Waals surface area contributed by atoms with Crippen LogP contribution in [0.5, 0.6) is 5.75 Å². The Balaban J connectivity index is 1.49. The Hall–Kier alpha value is -2.38. The molecule has 0 spiro atoms. The predicted molar refractivity (Wildman–Crippen MR) is 118 cm³/mol. The van der Waals surface area contributed by atoms with E-state index in [1.807, 2.05) is 6.92 Å². The van der Waals surface area contributed by atoms with Gasteiger partial charge in [0.05, 0.1) is 13.2 Å². The molecule has 0 unspecified atom stereocenters. The first-order valence-electron chi connectivity index (χ1n) is 10.8. The van der Waals surface area contributed by atoms with Crippen molar-refractivity contribution in [2.45, 2.75) is 46.4 Å². The summed E-state index contributed by atoms with van der Waals surface area (Å²) in [6.07, 6.45) is 1.15. The molecule has 2 fully saturated rings. The number of rotatable bonds is 7. The summed E-state index contributed by atoms with van der Waals surface area (Å²) in [4.78, 5) is 4.91. The minimum atomic E-state index is 0.394. The van der Waals surface area contributed by atoms with Crippen LogP contribution in [0.25, 0.3) is 0 Å². The Bertz CT molecular complexity index is 888. The van der Waals surface area contributed by atoms with E-state index in [2.05, 4.69) is 63.2 Å². The minimum Gasteiger partial charge on any atom is -0.485 e. The van der Waals surface area contributed by atoms with Crippen LogP contribution < -0.4 is 9.64 Å². The standard InChI is InChI=1S/C23H33N5O2/c1-17(2)14-28-22(16-30-21-13-18(3)5-6-19(21)4)24-25-23(28)27-8-7-20(15-27)26-9-11-29-12-10-26/h5-6,13,20H,1,7-12,14-16H2,2-4H3/t20-/m0/s1. The van der Waals surface area contributed by atoms with E-state index >= 15 is 0 Å². The molecule has 0 aliphatic carbocycles. The van der Waals surface area contributed by atoms with E-state index in [1.165, 1.54) is 5.56 Å². The highest BCUT2D eigenvalue weighted by molar-refractivity contribution is 5.37. The molecule has 1 aromatic heterocycles. The Morgan fingerprint density at radius 2 is 2.00 bits per heavy atom. The second-order valence-corrected chi connectivity index (χ2v) is 8.55. The Kier molecular flexibility index (Phi) is 6.39. The number of allylic oxidation sites excluding steroid dienone is 1. The number of anilines is 1. The van der Waals surface area contributed by atoms with Gasteiger partial charge in [-0.15, -0.1) is 10.2 Å². The quantitative estimate of drug-likeness (QED) is 0.653. The molecular formula is C23H33N5O2. The van der Waals surface area contributed by atoms with Gasteiger partial charge in [-0.25, -0.2) is 0 Å². The van der Waals surface area contributed by atoms with Crippen LogP contribution in [0, 0.1) is 13.8 Å². The van der Waals surface area contributed by atoms with Gasteiger partial charge in [0.2, 0.25) is 5.95 Å². The lowest BCUT2D eigenvalue weighted by Gasteiger charge is -2.32. The first-order chi connectivity index (χ1) is 14.5. The highest BCUT2D eigenvalue weighted by Crippen LogP contribution is 2.25. The van der Waals surface area contributed by atoms with Gasteiger partial charge in [0.25, 0.3) is 0 Å². The number of morpholine rings is 1. The molecule has 0 saturated carbocycles. The molecular weight excluding hydrogens is 378 g/mol. The predicted octanol–water partition coefficient (Wildman–Crippen LogP) is 2.96. The van der Waals surface area contributed by atoms with Gasteiger partial charge in [0.15, 0.2) is 5.82 Å². The fraction of sp³-hybridized carbons (Fsp3) is 0.565. The van der Waals surface area contributed by atoms with Crippen molar-refractivity contribution in [2.24, 2.45) is 0 Å². The minimum absolute atomic E-state index is 0.394. The Morgan fingerprint density at radius 3 is 2.77 bits per heavy atom. The van der Waals surface area contributed by atoms with Crippen molar-refractivity contribution in [3.05, 3.63) is 47.3 Å². The second-order valence-electron chi connectivity index (χ2n) is 8.55. The van der Waals surface area contributed by atoms with E-state index < -0.39 is 0 Å². The maximum Gasteiger partial charge on any atom is 0.227 e. The molecule has 2 saturated heterocycles. The summed E-state index contributed by atoms with van der Waals surface area (Å²) in [5.74, 6) is 2.66. The molecule has 1 aromatic carbocycles. The van der Waals surface area contributed by atoms with Gasteiger partial charge in [-0.05, 0) is 44.4 Å². The van der Waals surface area contributed by atoms with Crippen molar-refractivity contribution >= 4 is 5.95 Å². The molecule has 1 atom stereocenters. The third kappa shape index (κ3) is 4.68. The van der Waals surface area contributed by atoms with Crippen LogP contribution >= 0.6 is 0 Å². The molecule has 2 aliphatic heterocycles. The lowest BCUT2D eigenvalue weighted by atomic mass is 10.1. The van der Waals surface area contributed by atoms with Crippen LogP contribution in [-0.4, -0.2) is 65.1 Å². The zero-order valence-corrected chi connectivity index (χ0v) is 18.4. The van der Waals surface area contributed by atoms with Crippen molar-refractivity contribution in [1.82, 2.24) is 19.7 Å². The van der Waals surface area contributed by atoms with E-state index in [4.69, 9.17) is 9.47 Å². The van der Waals surface area contributed by atoms with E-state index in [-0.39, 0.29) is 0 Å². The number of aromatic nitrogens is 3. The van der Waals surface area contributed by atoms with Gasteiger partial charge < -0.3 is 14.4 Å². The molecule has 0 N–H and O–H groups in total. The fourth-order valence-electron chi connectivity index (χ4n) is 4.27. The summed E-state index contributed by atoms with van der Waals surface area (Å²) in [5, 5.41) is 9.05. The summed E-state index contributed by atoms with van der Waals surface area (Å²) in [6, 6.07) is 6.81. The van der Waals surface area contributed by atoms with Gasteiger partial charge in [-0.1, -0.05) is 24.3 Å². The molecule has 7 nitrogen and oxygen atoms in total. The molecule has 4 rings (SSSR count). The average Bonchev–Trinajstić information content (AvgIpc) is 3.36. The topological polar surface area (TPSA) is 55.7 Å². The van der Waals surface area contributed by atoms with Crippen LogP contribution in [0.4, 0.5) is 5.95 Å². The van der Waals surface area contributed by atoms with Crippen LogP contribution in [0.2, 0.25) is 0 Å². The number of nitrogens with zero attached hydrogens (tertiary/aromatic N) is 5. The lowest BCUT2D eigenvalue weighted by molar-refractivity contribution is 0.0209. The van der Waals surface area contributed by atoms with Crippen molar-refractivity contribution in [1.29, 1.82) is 0 Å². The largest absolute Gasteiger partial charge is 0.485 e. The molecule has 0 radical (unpaired) electrons. The van der Waals surface area contributed by atoms with Crippen LogP contribution in [0.3, 0.4) is 0 Å². The van der Waals surface area contributed by atoms with E-state index in [0.717, 1.165) is 74.5 Å². The molecule has 2 aromatic rings. The van der Waals surface area contributed by atoms with Crippen molar-refractivity contribution < 1.29 is 9.47 Å². The summed E-state index contributed by atoms with van der Waals surface area (Å²) in [7, 11) is 0. The summed E-state index contributed by atoms with van der Waals surface area (Å²) in [6.45, 7) is 17.1. The maximum atomic E-state index is 6.12. The third-order valence-electron chi connectivity index (χ3n) is 5.94. The second kappa shape index (κ2) is 9.18. The first kappa shape index (κ1) is 20.9. The number of hydrogen-bond acceptors (Lipinski definition) is 6. The van der Waals surface area contributed by atoms with Gasteiger partial charge in [-0.2, -0.15) is 0 Å². The highest BCUT2D eigenvalue weighted by atomic mass is 16.5. The fourth-order valence-corrected chi connectivity index (χ4v) is 4.27.